The van der Waals surface area contributed by atoms with Crippen molar-refractivity contribution in [3.63, 3.8) is 0 Å². The molecule has 1 aromatic heterocycles. The average molecular weight is 299 g/mol. The summed E-state index contributed by atoms with van der Waals surface area (Å²) >= 11 is 1.30. The van der Waals surface area contributed by atoms with Gasteiger partial charge in [0.15, 0.2) is 5.13 Å². The van der Waals surface area contributed by atoms with Gasteiger partial charge in [-0.05, 0) is 40.4 Å². The summed E-state index contributed by atoms with van der Waals surface area (Å²) in [5, 5.41) is 6.81. The number of carbonyl (C=O) groups excluding carboxylic acids is 1. The summed E-state index contributed by atoms with van der Waals surface area (Å²) in [6, 6.07) is 0.110. The standard InChI is InChI=1S/C13H25N5OS/c1-5-7-15-13-17-11(14)10(20-13)12(19)16-9(2)6-8-18(3)4/h9H,5-8,14H2,1-4H3,(H,15,17)(H,16,19). The summed E-state index contributed by atoms with van der Waals surface area (Å²) in [7, 11) is 4.03. The van der Waals surface area contributed by atoms with Gasteiger partial charge < -0.3 is 21.3 Å². The number of nitrogens with zero attached hydrogens (tertiary/aromatic N) is 2. The first-order valence-electron chi connectivity index (χ1n) is 6.89. The maximum atomic E-state index is 12.1. The van der Waals surface area contributed by atoms with E-state index in [1.807, 2.05) is 21.0 Å². The lowest BCUT2D eigenvalue weighted by molar-refractivity contribution is 0.0941. The molecule has 1 rings (SSSR count). The van der Waals surface area contributed by atoms with Gasteiger partial charge in [0.1, 0.15) is 10.7 Å². The van der Waals surface area contributed by atoms with Gasteiger partial charge in [-0.3, -0.25) is 4.79 Å². The van der Waals surface area contributed by atoms with Gasteiger partial charge in [-0.15, -0.1) is 0 Å². The molecule has 0 aliphatic rings. The fourth-order valence-electron chi connectivity index (χ4n) is 1.62. The van der Waals surface area contributed by atoms with Crippen LogP contribution in [0.4, 0.5) is 10.9 Å². The second-order valence-electron chi connectivity index (χ2n) is 5.13. The minimum atomic E-state index is -0.143. The van der Waals surface area contributed by atoms with E-state index in [1.165, 1.54) is 11.3 Å². The number of nitrogens with two attached hydrogens (primary N) is 1. The molecular weight excluding hydrogens is 274 g/mol. The molecular formula is C13H25N5OS. The van der Waals surface area contributed by atoms with E-state index in [9.17, 15) is 4.79 Å². The maximum absolute atomic E-state index is 12.1. The van der Waals surface area contributed by atoms with Crippen LogP contribution in [0.1, 0.15) is 36.4 Å². The number of amides is 1. The van der Waals surface area contributed by atoms with Crippen molar-refractivity contribution < 1.29 is 4.79 Å². The predicted molar refractivity (Wildman–Crippen MR) is 85.4 cm³/mol. The molecule has 7 heteroatoms. The van der Waals surface area contributed by atoms with Crippen LogP contribution in [-0.4, -0.2) is 49.0 Å². The lowest BCUT2D eigenvalue weighted by Gasteiger charge is -2.16. The van der Waals surface area contributed by atoms with E-state index in [2.05, 4.69) is 27.4 Å². The summed E-state index contributed by atoms with van der Waals surface area (Å²) in [4.78, 5) is 18.9. The monoisotopic (exact) mass is 299 g/mol. The molecule has 1 unspecified atom stereocenters. The number of carbonyl (C=O) groups is 1. The Morgan fingerprint density at radius 2 is 2.20 bits per heavy atom. The number of aromatic nitrogens is 1. The Morgan fingerprint density at radius 3 is 2.80 bits per heavy atom. The molecule has 0 saturated carbocycles. The third-order valence-corrected chi connectivity index (χ3v) is 3.80. The second kappa shape index (κ2) is 8.06. The van der Waals surface area contributed by atoms with Gasteiger partial charge in [0.2, 0.25) is 0 Å². The van der Waals surface area contributed by atoms with Gasteiger partial charge in [-0.2, -0.15) is 0 Å². The molecule has 1 heterocycles. The van der Waals surface area contributed by atoms with Gasteiger partial charge in [0.25, 0.3) is 5.91 Å². The van der Waals surface area contributed by atoms with Gasteiger partial charge in [-0.25, -0.2) is 4.98 Å². The van der Waals surface area contributed by atoms with Crippen molar-refractivity contribution in [2.45, 2.75) is 32.7 Å². The molecule has 6 nitrogen and oxygen atoms in total. The smallest absolute Gasteiger partial charge is 0.265 e. The zero-order valence-electron chi connectivity index (χ0n) is 12.7. The van der Waals surface area contributed by atoms with Crippen LogP contribution in [0.25, 0.3) is 0 Å². The Hall–Kier alpha value is -1.34. The van der Waals surface area contributed by atoms with Crippen molar-refractivity contribution in [1.29, 1.82) is 0 Å². The summed E-state index contributed by atoms with van der Waals surface area (Å²) < 4.78 is 0. The van der Waals surface area contributed by atoms with Gasteiger partial charge in [0.05, 0.1) is 0 Å². The Kier molecular flexibility index (Phi) is 6.74. The van der Waals surface area contributed by atoms with Crippen LogP contribution in [0.15, 0.2) is 0 Å². The van der Waals surface area contributed by atoms with Crippen molar-refractivity contribution in [3.8, 4) is 0 Å². The lowest BCUT2D eigenvalue weighted by atomic mass is 10.2. The highest BCUT2D eigenvalue weighted by atomic mass is 32.1. The second-order valence-corrected chi connectivity index (χ2v) is 6.13. The predicted octanol–water partition coefficient (Wildman–Crippen LogP) is 1.62. The quantitative estimate of drug-likeness (QED) is 0.679. The van der Waals surface area contributed by atoms with E-state index in [0.717, 1.165) is 25.9 Å². The molecule has 0 fully saturated rings. The summed E-state index contributed by atoms with van der Waals surface area (Å²) in [6.07, 6.45) is 1.90. The average Bonchev–Trinajstić information content (AvgIpc) is 2.75. The first-order valence-corrected chi connectivity index (χ1v) is 7.71. The normalized spacial score (nSPS) is 12.4. The van der Waals surface area contributed by atoms with Crippen LogP contribution < -0.4 is 16.4 Å². The van der Waals surface area contributed by atoms with E-state index in [1.54, 1.807) is 0 Å². The third-order valence-electron chi connectivity index (χ3n) is 2.77. The van der Waals surface area contributed by atoms with Gasteiger partial charge in [-0.1, -0.05) is 18.3 Å². The molecule has 0 bridgehead atoms. The first-order chi connectivity index (χ1) is 9.43. The third kappa shape index (κ3) is 5.34. The van der Waals surface area contributed by atoms with Crippen LogP contribution in [0.2, 0.25) is 0 Å². The Morgan fingerprint density at radius 1 is 1.50 bits per heavy atom. The highest BCUT2D eigenvalue weighted by molar-refractivity contribution is 7.18. The van der Waals surface area contributed by atoms with Crippen LogP contribution in [0.3, 0.4) is 0 Å². The number of rotatable bonds is 8. The number of anilines is 2. The Bertz CT molecular complexity index is 432. The van der Waals surface area contributed by atoms with Crippen molar-refractivity contribution >= 4 is 28.2 Å². The van der Waals surface area contributed by atoms with Crippen LogP contribution in [0, 0.1) is 0 Å². The number of nitrogens with one attached hydrogen (secondary N) is 2. The van der Waals surface area contributed by atoms with Gasteiger partial charge in [0, 0.05) is 12.6 Å². The van der Waals surface area contributed by atoms with E-state index >= 15 is 0 Å². The molecule has 0 aromatic carbocycles. The lowest BCUT2D eigenvalue weighted by Crippen LogP contribution is -2.34. The molecule has 20 heavy (non-hydrogen) atoms. The molecule has 1 aromatic rings. The van der Waals surface area contributed by atoms with Crippen molar-refractivity contribution in [1.82, 2.24) is 15.2 Å². The number of thiazole rings is 1. The SMILES string of the molecule is CCCNc1nc(N)c(C(=O)NC(C)CCN(C)C)s1. The number of nitrogen functional groups attached to an aromatic ring is 1. The molecule has 0 aliphatic carbocycles. The Labute approximate surface area is 124 Å². The summed E-state index contributed by atoms with van der Waals surface area (Å²) in [6.45, 7) is 5.83. The molecule has 1 atom stereocenters. The number of hydrogen-bond donors (Lipinski definition) is 3. The summed E-state index contributed by atoms with van der Waals surface area (Å²) in [5.41, 5.74) is 5.80. The Balaban J connectivity index is 2.56. The fraction of sp³-hybridized carbons (Fsp3) is 0.692. The van der Waals surface area contributed by atoms with Crippen LogP contribution >= 0.6 is 11.3 Å². The largest absolute Gasteiger partial charge is 0.382 e. The van der Waals surface area contributed by atoms with Crippen LogP contribution in [-0.2, 0) is 0 Å². The van der Waals surface area contributed by atoms with Crippen molar-refractivity contribution in [2.24, 2.45) is 0 Å². The molecule has 114 valence electrons. The zero-order valence-corrected chi connectivity index (χ0v) is 13.5. The van der Waals surface area contributed by atoms with E-state index in [4.69, 9.17) is 5.73 Å². The highest BCUT2D eigenvalue weighted by Gasteiger charge is 2.17. The summed E-state index contributed by atoms with van der Waals surface area (Å²) in [5.74, 6) is 0.154. The number of hydrogen-bond acceptors (Lipinski definition) is 6. The van der Waals surface area contributed by atoms with Crippen molar-refractivity contribution in [3.05, 3.63) is 4.88 Å². The molecule has 0 aliphatic heterocycles. The minimum Gasteiger partial charge on any atom is -0.382 e. The topological polar surface area (TPSA) is 83.3 Å². The molecule has 4 N–H and O–H groups in total. The first kappa shape index (κ1) is 16.7. The van der Waals surface area contributed by atoms with Crippen molar-refractivity contribution in [2.75, 3.05) is 38.2 Å². The fourth-order valence-corrected chi connectivity index (χ4v) is 2.43. The molecule has 0 saturated heterocycles. The zero-order chi connectivity index (χ0) is 15.1. The molecule has 0 radical (unpaired) electrons. The maximum Gasteiger partial charge on any atom is 0.265 e. The van der Waals surface area contributed by atoms with Gasteiger partial charge >= 0.3 is 0 Å². The van der Waals surface area contributed by atoms with E-state index in [0.29, 0.717) is 15.8 Å². The molecule has 0 spiro atoms. The minimum absolute atomic E-state index is 0.110. The van der Waals surface area contributed by atoms with E-state index in [-0.39, 0.29) is 11.9 Å². The molecule has 1 amide bonds. The van der Waals surface area contributed by atoms with Crippen LogP contribution in [0.5, 0.6) is 0 Å². The highest BCUT2D eigenvalue weighted by Crippen LogP contribution is 2.24. The van der Waals surface area contributed by atoms with E-state index < -0.39 is 0 Å².